The van der Waals surface area contributed by atoms with Crippen molar-refractivity contribution in [1.29, 1.82) is 0 Å². The van der Waals surface area contributed by atoms with Crippen molar-refractivity contribution in [1.82, 2.24) is 0 Å². The Hall–Kier alpha value is -0.640. The van der Waals surface area contributed by atoms with Gasteiger partial charge < -0.3 is 0 Å². The first kappa shape index (κ1) is 13.4. The number of Topliss-reactive ketones (excluding diaryl/α,β-unsaturated/α-hetero) is 2. The first-order valence-corrected chi connectivity index (χ1v) is 5.25. The van der Waals surface area contributed by atoms with E-state index in [9.17, 15) is 14.4 Å². The lowest BCUT2D eigenvalue weighted by Crippen LogP contribution is -2.15. The van der Waals surface area contributed by atoms with Crippen molar-refractivity contribution in [3.63, 3.8) is 0 Å². The van der Waals surface area contributed by atoms with Crippen LogP contribution in [0.25, 0.3) is 0 Å². The molecular formula is C10H16O3S. The summed E-state index contributed by atoms with van der Waals surface area (Å²) in [6, 6.07) is 0. The number of carbonyl (C=O) groups excluding carboxylic acids is 3. The highest BCUT2D eigenvalue weighted by Crippen LogP contribution is 2.25. The molecule has 0 aliphatic carbocycles. The summed E-state index contributed by atoms with van der Waals surface area (Å²) in [7, 11) is 0. The van der Waals surface area contributed by atoms with E-state index in [4.69, 9.17) is 0 Å². The summed E-state index contributed by atoms with van der Waals surface area (Å²) in [5, 5.41) is -0.163. The third-order valence-electron chi connectivity index (χ3n) is 1.21. The fraction of sp³-hybridized carbons (Fsp3) is 0.700. The predicted octanol–water partition coefficient (Wildman–Crippen LogP) is 1.98. The predicted molar refractivity (Wildman–Crippen MR) is 57.3 cm³/mol. The molecule has 3 nitrogen and oxygen atoms in total. The Bertz CT molecular complexity index is 251. The molecule has 0 fully saturated rings. The van der Waals surface area contributed by atoms with Gasteiger partial charge >= 0.3 is 0 Å². The molecule has 0 saturated carbocycles. The van der Waals surface area contributed by atoms with E-state index < -0.39 is 0 Å². The van der Waals surface area contributed by atoms with Crippen LogP contribution >= 0.6 is 11.8 Å². The Morgan fingerprint density at radius 2 is 1.57 bits per heavy atom. The van der Waals surface area contributed by atoms with Crippen molar-refractivity contribution in [2.45, 2.75) is 45.3 Å². The highest BCUT2D eigenvalue weighted by atomic mass is 32.2. The molecule has 4 heteroatoms. The van der Waals surface area contributed by atoms with Crippen LogP contribution in [0.5, 0.6) is 0 Å². The quantitative estimate of drug-likeness (QED) is 0.674. The molecule has 0 spiro atoms. The van der Waals surface area contributed by atoms with Crippen molar-refractivity contribution in [2.24, 2.45) is 0 Å². The number of carbonyl (C=O) groups is 3. The summed E-state index contributed by atoms with van der Waals surface area (Å²) in [6.07, 6.45) is -0.266. The number of ketones is 2. The lowest BCUT2D eigenvalue weighted by atomic mass is 10.2. The molecule has 0 rings (SSSR count). The monoisotopic (exact) mass is 216 g/mol. The van der Waals surface area contributed by atoms with Crippen LogP contribution in [0, 0.1) is 0 Å². The third-order valence-corrected chi connectivity index (χ3v) is 2.19. The molecule has 0 amide bonds. The molecule has 0 aromatic carbocycles. The van der Waals surface area contributed by atoms with Gasteiger partial charge in [0.1, 0.15) is 11.6 Å². The molecular weight excluding hydrogens is 200 g/mol. The topological polar surface area (TPSA) is 51.2 Å². The summed E-state index contributed by atoms with van der Waals surface area (Å²) < 4.78 is -0.173. The van der Waals surface area contributed by atoms with Gasteiger partial charge in [-0.2, -0.15) is 0 Å². The molecule has 80 valence electrons. The normalized spacial score (nSPS) is 11.1. The zero-order valence-corrected chi connectivity index (χ0v) is 9.86. The van der Waals surface area contributed by atoms with Crippen molar-refractivity contribution >= 4 is 28.4 Å². The Kier molecular flexibility index (Phi) is 5.05. The van der Waals surface area contributed by atoms with Crippen LogP contribution in [-0.4, -0.2) is 21.4 Å². The molecule has 0 aromatic heterocycles. The van der Waals surface area contributed by atoms with Gasteiger partial charge in [-0.25, -0.2) is 0 Å². The fourth-order valence-electron chi connectivity index (χ4n) is 0.879. The van der Waals surface area contributed by atoms with Crippen molar-refractivity contribution in [3.8, 4) is 0 Å². The summed E-state index contributed by atoms with van der Waals surface area (Å²) >= 11 is 1.14. The number of hydrogen-bond acceptors (Lipinski definition) is 4. The standard InChI is InChI=1S/C10H16O3S/c1-7(11)5-8(12)6-9(13)14-10(2,3)4/h5-6H2,1-4H3. The molecule has 0 atom stereocenters. The maximum atomic E-state index is 11.3. The molecule has 0 aromatic rings. The summed E-state index contributed by atoms with van der Waals surface area (Å²) in [4.78, 5) is 33.0. The SMILES string of the molecule is CC(=O)CC(=O)CC(=O)SC(C)(C)C. The average molecular weight is 216 g/mol. The van der Waals surface area contributed by atoms with E-state index in [1.54, 1.807) is 0 Å². The molecule has 0 heterocycles. The van der Waals surface area contributed by atoms with Crippen LogP contribution in [0.1, 0.15) is 40.5 Å². The number of rotatable bonds is 4. The fourth-order valence-corrected chi connectivity index (χ4v) is 1.79. The van der Waals surface area contributed by atoms with E-state index in [2.05, 4.69) is 0 Å². The summed E-state index contributed by atoms with van der Waals surface area (Å²) in [5.41, 5.74) is 0. The molecule has 0 aliphatic rings. The van der Waals surface area contributed by atoms with Gasteiger partial charge in [0.2, 0.25) is 0 Å². The lowest BCUT2D eigenvalue weighted by molar-refractivity contribution is -0.127. The summed E-state index contributed by atoms with van der Waals surface area (Å²) in [5.74, 6) is -0.484. The van der Waals surface area contributed by atoms with Crippen LogP contribution in [0.3, 0.4) is 0 Å². The van der Waals surface area contributed by atoms with Crippen LogP contribution in [-0.2, 0) is 14.4 Å². The Morgan fingerprint density at radius 3 is 1.93 bits per heavy atom. The minimum absolute atomic E-state index is 0.129. The van der Waals surface area contributed by atoms with E-state index in [1.807, 2.05) is 20.8 Å². The highest BCUT2D eigenvalue weighted by molar-refractivity contribution is 8.14. The van der Waals surface area contributed by atoms with Gasteiger partial charge in [0.25, 0.3) is 0 Å². The van der Waals surface area contributed by atoms with E-state index >= 15 is 0 Å². The van der Waals surface area contributed by atoms with Crippen molar-refractivity contribution in [2.75, 3.05) is 0 Å². The second-order valence-electron chi connectivity index (χ2n) is 4.18. The minimum Gasteiger partial charge on any atom is -0.300 e. The molecule has 0 unspecified atom stereocenters. The molecule has 0 radical (unpaired) electrons. The number of thioether (sulfide) groups is 1. The molecule has 0 aliphatic heterocycles. The van der Waals surface area contributed by atoms with Gasteiger partial charge in [-0.1, -0.05) is 32.5 Å². The average Bonchev–Trinajstić information content (AvgIpc) is 1.77. The van der Waals surface area contributed by atoms with E-state index in [0.717, 1.165) is 11.8 Å². The van der Waals surface area contributed by atoms with Gasteiger partial charge in [0, 0.05) is 4.75 Å². The minimum atomic E-state index is -0.292. The Balaban J connectivity index is 3.96. The van der Waals surface area contributed by atoms with E-state index in [1.165, 1.54) is 6.92 Å². The maximum Gasteiger partial charge on any atom is 0.196 e. The zero-order valence-electron chi connectivity index (χ0n) is 9.05. The zero-order chi connectivity index (χ0) is 11.4. The molecule has 0 saturated heterocycles. The van der Waals surface area contributed by atoms with Crippen LogP contribution in [0.2, 0.25) is 0 Å². The first-order valence-electron chi connectivity index (χ1n) is 4.43. The molecule has 14 heavy (non-hydrogen) atoms. The lowest BCUT2D eigenvalue weighted by Gasteiger charge is -2.15. The van der Waals surface area contributed by atoms with Gasteiger partial charge in [-0.05, 0) is 6.92 Å². The van der Waals surface area contributed by atoms with E-state index in [-0.39, 0.29) is 34.3 Å². The number of hydrogen-bond donors (Lipinski definition) is 0. The Morgan fingerprint density at radius 1 is 1.07 bits per heavy atom. The summed E-state index contributed by atoms with van der Waals surface area (Å²) in [6.45, 7) is 7.07. The van der Waals surface area contributed by atoms with Crippen LogP contribution in [0.4, 0.5) is 0 Å². The van der Waals surface area contributed by atoms with Gasteiger partial charge in [0.15, 0.2) is 5.12 Å². The van der Waals surface area contributed by atoms with Crippen LogP contribution < -0.4 is 0 Å². The Labute approximate surface area is 88.6 Å². The second-order valence-corrected chi connectivity index (χ2v) is 6.06. The maximum absolute atomic E-state index is 11.3. The van der Waals surface area contributed by atoms with Crippen molar-refractivity contribution < 1.29 is 14.4 Å². The van der Waals surface area contributed by atoms with E-state index in [0.29, 0.717) is 0 Å². The highest BCUT2D eigenvalue weighted by Gasteiger charge is 2.19. The third kappa shape index (κ3) is 7.98. The second kappa shape index (κ2) is 5.29. The largest absolute Gasteiger partial charge is 0.300 e. The molecule has 0 bridgehead atoms. The smallest absolute Gasteiger partial charge is 0.196 e. The van der Waals surface area contributed by atoms with Gasteiger partial charge in [0.05, 0.1) is 12.8 Å². The van der Waals surface area contributed by atoms with Crippen molar-refractivity contribution in [3.05, 3.63) is 0 Å². The van der Waals surface area contributed by atoms with Gasteiger partial charge in [-0.3, -0.25) is 14.4 Å². The molecule has 0 N–H and O–H groups in total. The van der Waals surface area contributed by atoms with Crippen LogP contribution in [0.15, 0.2) is 0 Å². The first-order chi connectivity index (χ1) is 6.20. The van der Waals surface area contributed by atoms with Gasteiger partial charge in [-0.15, -0.1) is 0 Å².